The van der Waals surface area contributed by atoms with Gasteiger partial charge in [-0.15, -0.1) is 0 Å². The minimum atomic E-state index is 0.916. The predicted molar refractivity (Wildman–Crippen MR) is 239 cm³/mol. The first-order valence-electron chi connectivity index (χ1n) is 19.5. The number of hydrogen-bond acceptors (Lipinski definition) is 1. The molecule has 0 bridgehead atoms. The number of aromatic nitrogens is 2. The molecule has 0 unspecified atom stereocenters. The van der Waals surface area contributed by atoms with Crippen LogP contribution in [-0.4, -0.2) is 9.13 Å². The van der Waals surface area contributed by atoms with Gasteiger partial charge in [-0.05, 0) is 106 Å². The fourth-order valence-corrected chi connectivity index (χ4v) is 8.99. The Kier molecular flexibility index (Phi) is 6.93. The van der Waals surface area contributed by atoms with Gasteiger partial charge in [-0.2, -0.15) is 0 Å². The average Bonchev–Trinajstić information content (AvgIpc) is 3.93. The lowest BCUT2D eigenvalue weighted by atomic mass is 10.0. The van der Waals surface area contributed by atoms with Gasteiger partial charge in [0, 0.05) is 43.7 Å². The molecule has 0 aliphatic carbocycles. The Bertz CT molecular complexity index is 3380. The van der Waals surface area contributed by atoms with Crippen molar-refractivity contribution >= 4 is 65.6 Å². The van der Waals surface area contributed by atoms with E-state index in [1.54, 1.807) is 0 Å². The Hall–Kier alpha value is -7.62. The molecule has 0 saturated heterocycles. The van der Waals surface area contributed by atoms with Gasteiger partial charge in [-0.3, -0.25) is 0 Å². The summed E-state index contributed by atoms with van der Waals surface area (Å²) in [5.41, 5.74) is 16.1. The lowest BCUT2D eigenvalue weighted by Crippen LogP contribution is -1.95. The van der Waals surface area contributed by atoms with Crippen molar-refractivity contribution in [3.63, 3.8) is 0 Å². The Morgan fingerprint density at radius 1 is 0.246 bits per heavy atom. The summed E-state index contributed by atoms with van der Waals surface area (Å²) in [4.78, 5) is 0. The van der Waals surface area contributed by atoms with E-state index in [4.69, 9.17) is 4.42 Å². The van der Waals surface area contributed by atoms with E-state index in [0.717, 1.165) is 33.3 Å². The van der Waals surface area contributed by atoms with Gasteiger partial charge < -0.3 is 13.6 Å². The molecule has 266 valence electrons. The molecule has 0 aliphatic heterocycles. The van der Waals surface area contributed by atoms with Gasteiger partial charge in [0.25, 0.3) is 0 Å². The summed E-state index contributed by atoms with van der Waals surface area (Å²) < 4.78 is 11.1. The number of rotatable bonds is 5. The molecule has 3 aromatic heterocycles. The molecule has 0 aliphatic rings. The van der Waals surface area contributed by atoms with Crippen molar-refractivity contribution in [3.8, 4) is 44.8 Å². The highest BCUT2D eigenvalue weighted by Crippen LogP contribution is 2.40. The minimum Gasteiger partial charge on any atom is -0.456 e. The second-order valence-electron chi connectivity index (χ2n) is 14.9. The summed E-state index contributed by atoms with van der Waals surface area (Å²) in [7, 11) is 0. The standard InChI is InChI=1S/C54H34N2O/c1-3-11-35(12-4-1)39-23-29-50-45(31-39)46-32-40(36-13-5-2-6-14-36)24-30-51(46)55(50)41-25-19-37(20-26-41)38-21-27-42(28-22-38)56-49-17-9-7-15-43(49)47-34-54-48(33-52(47)56)44-16-8-10-18-53(44)57-54/h1-34H. The smallest absolute Gasteiger partial charge is 0.136 e. The number of furan rings is 1. The summed E-state index contributed by atoms with van der Waals surface area (Å²) in [6.07, 6.45) is 0. The van der Waals surface area contributed by atoms with Crippen molar-refractivity contribution < 1.29 is 4.42 Å². The fraction of sp³-hybridized carbons (Fsp3) is 0. The molecular formula is C54H34N2O. The lowest BCUT2D eigenvalue weighted by Gasteiger charge is -2.11. The normalized spacial score (nSPS) is 11.9. The van der Waals surface area contributed by atoms with Crippen LogP contribution in [0.1, 0.15) is 0 Å². The Morgan fingerprint density at radius 3 is 1.28 bits per heavy atom. The SMILES string of the molecule is c1ccc(-c2ccc3c(c2)c2cc(-c4ccccc4)ccc2n3-c2ccc(-c3ccc(-n4c5ccccc5c5cc6oc7ccccc7c6cc54)cc3)cc2)cc1. The number of nitrogens with zero attached hydrogens (tertiary/aromatic N) is 2. The number of benzene rings is 9. The fourth-order valence-electron chi connectivity index (χ4n) is 8.99. The molecule has 0 amide bonds. The molecule has 0 radical (unpaired) electrons. The minimum absolute atomic E-state index is 0.916. The van der Waals surface area contributed by atoms with E-state index in [2.05, 4.69) is 203 Å². The van der Waals surface area contributed by atoms with Gasteiger partial charge >= 0.3 is 0 Å². The molecule has 0 saturated carbocycles. The van der Waals surface area contributed by atoms with Crippen LogP contribution < -0.4 is 0 Å². The second kappa shape index (κ2) is 12.5. The third-order valence-corrected chi connectivity index (χ3v) is 11.7. The zero-order valence-corrected chi connectivity index (χ0v) is 30.9. The zero-order chi connectivity index (χ0) is 37.5. The molecule has 3 heterocycles. The first-order valence-corrected chi connectivity index (χ1v) is 19.5. The lowest BCUT2D eigenvalue weighted by molar-refractivity contribution is 0.669. The largest absolute Gasteiger partial charge is 0.456 e. The third-order valence-electron chi connectivity index (χ3n) is 11.7. The van der Waals surface area contributed by atoms with Crippen LogP contribution in [0.4, 0.5) is 0 Å². The maximum absolute atomic E-state index is 6.30. The highest BCUT2D eigenvalue weighted by atomic mass is 16.3. The average molecular weight is 727 g/mol. The molecule has 3 nitrogen and oxygen atoms in total. The topological polar surface area (TPSA) is 23.0 Å². The monoisotopic (exact) mass is 726 g/mol. The summed E-state index contributed by atoms with van der Waals surface area (Å²) >= 11 is 0. The van der Waals surface area contributed by atoms with Crippen molar-refractivity contribution in [3.05, 3.63) is 206 Å². The summed E-state index contributed by atoms with van der Waals surface area (Å²) in [6.45, 7) is 0. The van der Waals surface area contributed by atoms with E-state index < -0.39 is 0 Å². The summed E-state index contributed by atoms with van der Waals surface area (Å²) in [5.74, 6) is 0. The van der Waals surface area contributed by atoms with Crippen molar-refractivity contribution in [2.45, 2.75) is 0 Å². The van der Waals surface area contributed by atoms with Gasteiger partial charge in [0.05, 0.1) is 22.1 Å². The van der Waals surface area contributed by atoms with E-state index in [1.165, 1.54) is 77.0 Å². The van der Waals surface area contributed by atoms with Crippen LogP contribution >= 0.6 is 0 Å². The highest BCUT2D eigenvalue weighted by molar-refractivity contribution is 6.17. The van der Waals surface area contributed by atoms with Crippen LogP contribution in [0, 0.1) is 0 Å². The van der Waals surface area contributed by atoms with Crippen molar-refractivity contribution in [2.75, 3.05) is 0 Å². The molecule has 57 heavy (non-hydrogen) atoms. The van der Waals surface area contributed by atoms with Crippen molar-refractivity contribution in [1.82, 2.24) is 9.13 Å². The molecule has 12 aromatic rings. The van der Waals surface area contributed by atoms with Crippen LogP contribution in [0.2, 0.25) is 0 Å². The maximum atomic E-state index is 6.30. The predicted octanol–water partition coefficient (Wildman–Crippen LogP) is 14.8. The van der Waals surface area contributed by atoms with E-state index in [-0.39, 0.29) is 0 Å². The Balaban J connectivity index is 0.945. The van der Waals surface area contributed by atoms with Gasteiger partial charge in [0.1, 0.15) is 11.2 Å². The first kappa shape index (κ1) is 31.7. The van der Waals surface area contributed by atoms with Crippen LogP contribution in [0.15, 0.2) is 211 Å². The van der Waals surface area contributed by atoms with Gasteiger partial charge in [-0.1, -0.05) is 133 Å². The molecule has 0 N–H and O–H groups in total. The van der Waals surface area contributed by atoms with Gasteiger partial charge in [0.15, 0.2) is 0 Å². The van der Waals surface area contributed by atoms with Gasteiger partial charge in [-0.25, -0.2) is 0 Å². The van der Waals surface area contributed by atoms with Gasteiger partial charge in [0.2, 0.25) is 0 Å². The van der Waals surface area contributed by atoms with Crippen LogP contribution in [0.25, 0.3) is 110 Å². The number of para-hydroxylation sites is 2. The van der Waals surface area contributed by atoms with E-state index in [9.17, 15) is 0 Å². The number of hydrogen-bond donors (Lipinski definition) is 0. The molecule has 0 atom stereocenters. The van der Waals surface area contributed by atoms with Crippen LogP contribution in [-0.2, 0) is 0 Å². The number of fused-ring (bicyclic) bond motifs is 9. The molecule has 12 rings (SSSR count). The van der Waals surface area contributed by atoms with Crippen LogP contribution in [0.3, 0.4) is 0 Å². The second-order valence-corrected chi connectivity index (χ2v) is 14.9. The van der Waals surface area contributed by atoms with E-state index in [1.807, 2.05) is 12.1 Å². The molecule has 3 heteroatoms. The first-order chi connectivity index (χ1) is 28.2. The zero-order valence-electron chi connectivity index (χ0n) is 30.9. The summed E-state index contributed by atoms with van der Waals surface area (Å²) in [6, 6.07) is 74.5. The highest BCUT2D eigenvalue weighted by Gasteiger charge is 2.18. The van der Waals surface area contributed by atoms with E-state index in [0.29, 0.717) is 0 Å². The third kappa shape index (κ3) is 4.99. The quantitative estimate of drug-likeness (QED) is 0.173. The molecule has 0 fully saturated rings. The Morgan fingerprint density at radius 2 is 0.684 bits per heavy atom. The van der Waals surface area contributed by atoms with E-state index >= 15 is 0 Å². The molecule has 0 spiro atoms. The van der Waals surface area contributed by atoms with Crippen molar-refractivity contribution in [1.29, 1.82) is 0 Å². The summed E-state index contributed by atoms with van der Waals surface area (Å²) in [5, 5.41) is 7.17. The molecule has 9 aromatic carbocycles. The van der Waals surface area contributed by atoms with Crippen LogP contribution in [0.5, 0.6) is 0 Å². The van der Waals surface area contributed by atoms with Crippen molar-refractivity contribution in [2.24, 2.45) is 0 Å². The molecular weight excluding hydrogens is 693 g/mol. The maximum Gasteiger partial charge on any atom is 0.136 e. The Labute approximate surface area is 328 Å².